The molecule has 0 spiro atoms. The second-order valence-corrected chi connectivity index (χ2v) is 6.41. The summed E-state index contributed by atoms with van der Waals surface area (Å²) in [4.78, 5) is 18.5. The van der Waals surface area contributed by atoms with Gasteiger partial charge in [-0.05, 0) is 30.8 Å². The molecule has 0 bridgehead atoms. The molecule has 0 saturated carbocycles. The molecule has 2 aromatic carbocycles. The molecule has 0 radical (unpaired) electrons. The van der Waals surface area contributed by atoms with Crippen LogP contribution in [0.5, 0.6) is 0 Å². The lowest BCUT2D eigenvalue weighted by atomic mass is 10.0. The Labute approximate surface area is 178 Å². The molecule has 0 fully saturated rings. The number of hydrogen-bond acceptors (Lipinski definition) is 4. The van der Waals surface area contributed by atoms with Gasteiger partial charge in [-0.2, -0.15) is 26.3 Å². The molecule has 0 atom stereocenters. The fourth-order valence-corrected chi connectivity index (χ4v) is 2.50. The maximum absolute atomic E-state index is 12.4. The van der Waals surface area contributed by atoms with Crippen LogP contribution in [0.4, 0.5) is 26.3 Å². The van der Waals surface area contributed by atoms with Gasteiger partial charge in [-0.1, -0.05) is 30.3 Å². The third kappa shape index (κ3) is 7.05. The van der Waals surface area contributed by atoms with Gasteiger partial charge in [0, 0.05) is 24.5 Å². The Morgan fingerprint density at radius 1 is 0.906 bits per heavy atom. The molecule has 1 aromatic heterocycles. The maximum atomic E-state index is 12.4. The number of alkyl halides is 6. The largest absolute Gasteiger partial charge is 0.478 e. The van der Waals surface area contributed by atoms with Gasteiger partial charge < -0.3 is 10.4 Å². The molecular formula is C21H17F6N3O2. The zero-order chi connectivity index (χ0) is 23.9. The lowest BCUT2D eigenvalue weighted by molar-refractivity contribution is -0.143. The van der Waals surface area contributed by atoms with Gasteiger partial charge in [-0.15, -0.1) is 0 Å². The highest BCUT2D eigenvalue weighted by Crippen LogP contribution is 2.36. The van der Waals surface area contributed by atoms with Crippen molar-refractivity contribution in [3.05, 3.63) is 83.2 Å². The molecule has 0 aliphatic rings. The molecule has 0 aliphatic carbocycles. The van der Waals surface area contributed by atoms with Crippen LogP contribution < -0.4 is 5.32 Å². The van der Waals surface area contributed by atoms with Crippen molar-refractivity contribution in [1.29, 1.82) is 0 Å². The fraction of sp³-hybridized carbons (Fsp3) is 0.190. The second-order valence-electron chi connectivity index (χ2n) is 6.41. The number of carboxylic acids is 1. The van der Waals surface area contributed by atoms with Crippen molar-refractivity contribution in [2.24, 2.45) is 0 Å². The number of nitrogens with zero attached hydrogens (tertiary/aromatic N) is 2. The summed E-state index contributed by atoms with van der Waals surface area (Å²) in [6, 6.07) is 10.9. The van der Waals surface area contributed by atoms with Crippen molar-refractivity contribution in [2.75, 3.05) is 7.05 Å². The van der Waals surface area contributed by atoms with Gasteiger partial charge in [0.05, 0.1) is 16.7 Å². The van der Waals surface area contributed by atoms with Crippen molar-refractivity contribution < 1.29 is 36.2 Å². The van der Waals surface area contributed by atoms with Crippen molar-refractivity contribution in [3.63, 3.8) is 0 Å². The van der Waals surface area contributed by atoms with Gasteiger partial charge in [-0.3, -0.25) is 0 Å². The molecule has 0 aliphatic heterocycles. The standard InChI is InChI=1S/C11H8N2O2.C10H9F6N/c14-11(15)9-6-12-10(13-7-9)8-4-2-1-3-5-8;1-17-5-6-2-7(9(11,12)13)4-8(3-6)10(14,15)16/h1-7H,(H,14,15);2-4,17H,5H2,1H3. The van der Waals surface area contributed by atoms with Gasteiger partial charge in [0.25, 0.3) is 0 Å². The number of hydrogen-bond donors (Lipinski definition) is 2. The molecule has 3 rings (SSSR count). The second kappa shape index (κ2) is 10.2. The Morgan fingerprint density at radius 3 is 1.81 bits per heavy atom. The van der Waals surface area contributed by atoms with Crippen molar-refractivity contribution in [3.8, 4) is 11.4 Å². The van der Waals surface area contributed by atoms with Gasteiger partial charge >= 0.3 is 18.3 Å². The highest BCUT2D eigenvalue weighted by molar-refractivity contribution is 5.86. The highest BCUT2D eigenvalue weighted by atomic mass is 19.4. The molecule has 170 valence electrons. The molecule has 0 amide bonds. The average molecular weight is 457 g/mol. The molecule has 0 saturated heterocycles. The van der Waals surface area contributed by atoms with E-state index >= 15 is 0 Å². The SMILES string of the molecule is CNCc1cc(C(F)(F)F)cc(C(F)(F)F)c1.O=C(O)c1cnc(-c2ccccc2)nc1. The number of rotatable bonds is 4. The molecular weight excluding hydrogens is 440 g/mol. The Kier molecular flexibility index (Phi) is 7.92. The van der Waals surface area contributed by atoms with Crippen LogP contribution in [-0.2, 0) is 18.9 Å². The van der Waals surface area contributed by atoms with Crippen molar-refractivity contribution >= 4 is 5.97 Å². The Balaban J connectivity index is 0.000000228. The summed E-state index contributed by atoms with van der Waals surface area (Å²) in [5, 5.41) is 11.2. The minimum Gasteiger partial charge on any atom is -0.478 e. The average Bonchev–Trinajstić information content (AvgIpc) is 2.74. The minimum absolute atomic E-state index is 0.0605. The summed E-state index contributed by atoms with van der Waals surface area (Å²) in [7, 11) is 1.44. The van der Waals surface area contributed by atoms with Crippen LogP contribution in [0.3, 0.4) is 0 Å². The van der Waals surface area contributed by atoms with E-state index in [2.05, 4.69) is 15.3 Å². The number of carbonyl (C=O) groups is 1. The summed E-state index contributed by atoms with van der Waals surface area (Å²) < 4.78 is 74.3. The summed E-state index contributed by atoms with van der Waals surface area (Å²) in [5.41, 5.74) is -1.69. The van der Waals surface area contributed by atoms with Gasteiger partial charge in [0.2, 0.25) is 0 Å². The Morgan fingerprint density at radius 2 is 1.41 bits per heavy atom. The first-order valence-electron chi connectivity index (χ1n) is 8.95. The van der Waals surface area contributed by atoms with Crippen LogP contribution in [0.25, 0.3) is 11.4 Å². The van der Waals surface area contributed by atoms with Gasteiger partial charge in [0.1, 0.15) is 0 Å². The lowest BCUT2D eigenvalue weighted by Gasteiger charge is -2.13. The van der Waals surface area contributed by atoms with Crippen LogP contribution in [0, 0.1) is 0 Å². The molecule has 0 unspecified atom stereocenters. The number of nitrogens with one attached hydrogen (secondary N) is 1. The molecule has 2 N–H and O–H groups in total. The van der Waals surface area contributed by atoms with E-state index in [1.54, 1.807) is 0 Å². The van der Waals surface area contributed by atoms with Crippen LogP contribution in [0.15, 0.2) is 60.9 Å². The van der Waals surface area contributed by atoms with E-state index < -0.39 is 29.4 Å². The molecule has 32 heavy (non-hydrogen) atoms. The van der Waals surface area contributed by atoms with Crippen LogP contribution in [0.2, 0.25) is 0 Å². The van der Waals surface area contributed by atoms with E-state index in [0.717, 1.165) is 5.56 Å². The summed E-state index contributed by atoms with van der Waals surface area (Å²) in [6.07, 6.45) is -6.97. The van der Waals surface area contributed by atoms with Gasteiger partial charge in [0.15, 0.2) is 5.82 Å². The first-order chi connectivity index (χ1) is 14.9. The van der Waals surface area contributed by atoms with E-state index in [1.165, 1.54) is 19.4 Å². The minimum atomic E-state index is -4.79. The van der Waals surface area contributed by atoms with E-state index in [0.29, 0.717) is 18.0 Å². The zero-order valence-corrected chi connectivity index (χ0v) is 16.5. The number of benzene rings is 2. The lowest BCUT2D eigenvalue weighted by Crippen LogP contribution is -2.14. The molecule has 1 heterocycles. The molecule has 11 heteroatoms. The normalized spacial score (nSPS) is 11.5. The monoisotopic (exact) mass is 457 g/mol. The third-order valence-corrected chi connectivity index (χ3v) is 3.96. The number of halogens is 6. The first kappa shape index (κ1) is 24.8. The smallest absolute Gasteiger partial charge is 0.416 e. The number of aromatic nitrogens is 2. The van der Waals surface area contributed by atoms with Crippen molar-refractivity contribution in [1.82, 2.24) is 15.3 Å². The zero-order valence-electron chi connectivity index (χ0n) is 16.5. The van der Waals surface area contributed by atoms with Crippen LogP contribution in [-0.4, -0.2) is 28.1 Å². The van der Waals surface area contributed by atoms with E-state index in [9.17, 15) is 31.1 Å². The van der Waals surface area contributed by atoms with Crippen LogP contribution in [0.1, 0.15) is 27.0 Å². The number of aromatic carboxylic acids is 1. The quantitative estimate of drug-likeness (QED) is 0.521. The predicted molar refractivity (Wildman–Crippen MR) is 104 cm³/mol. The highest BCUT2D eigenvalue weighted by Gasteiger charge is 2.36. The first-order valence-corrected chi connectivity index (χ1v) is 8.95. The number of carboxylic acid groups (broad SMARTS) is 1. The van der Waals surface area contributed by atoms with E-state index in [1.807, 2.05) is 30.3 Å². The van der Waals surface area contributed by atoms with Gasteiger partial charge in [-0.25, -0.2) is 14.8 Å². The molecule has 5 nitrogen and oxygen atoms in total. The molecule has 3 aromatic rings. The summed E-state index contributed by atoms with van der Waals surface area (Å²) >= 11 is 0. The van der Waals surface area contributed by atoms with E-state index in [-0.39, 0.29) is 23.7 Å². The third-order valence-electron chi connectivity index (χ3n) is 3.96. The topological polar surface area (TPSA) is 75.1 Å². The predicted octanol–water partition coefficient (Wildman–Crippen LogP) is 5.29. The maximum Gasteiger partial charge on any atom is 0.416 e. The Bertz CT molecular complexity index is 1000. The Hall–Kier alpha value is -3.47. The summed E-state index contributed by atoms with van der Waals surface area (Å²) in [5.74, 6) is -0.491. The fourth-order valence-electron chi connectivity index (χ4n) is 2.50. The van der Waals surface area contributed by atoms with Crippen LogP contribution >= 0.6 is 0 Å². The van der Waals surface area contributed by atoms with E-state index in [4.69, 9.17) is 5.11 Å². The summed E-state index contributed by atoms with van der Waals surface area (Å²) in [6.45, 7) is -0.0625. The van der Waals surface area contributed by atoms with Crippen molar-refractivity contribution in [2.45, 2.75) is 18.9 Å².